The van der Waals surface area contributed by atoms with E-state index in [0.29, 0.717) is 6.42 Å². The molecule has 0 saturated heterocycles. The van der Waals surface area contributed by atoms with Crippen molar-refractivity contribution in [2.45, 2.75) is 31.9 Å². The zero-order valence-corrected chi connectivity index (χ0v) is 9.60. The fourth-order valence-corrected chi connectivity index (χ4v) is 1.50. The van der Waals surface area contributed by atoms with Crippen LogP contribution in [0.15, 0.2) is 30.3 Å². The summed E-state index contributed by atoms with van der Waals surface area (Å²) in [5.41, 5.74) is 5.12. The summed E-state index contributed by atoms with van der Waals surface area (Å²) in [5.74, 6) is 0. The van der Waals surface area contributed by atoms with Gasteiger partial charge in [-0.3, -0.25) is 0 Å². The van der Waals surface area contributed by atoms with Crippen molar-refractivity contribution in [2.75, 3.05) is 0 Å². The Morgan fingerprint density at radius 2 is 2.00 bits per heavy atom. The van der Waals surface area contributed by atoms with Gasteiger partial charge in [0.25, 0.3) is 0 Å². The quantitative estimate of drug-likeness (QED) is 0.712. The number of hydrogen-bond donors (Lipinski definition) is 3. The number of benzene rings is 1. The van der Waals surface area contributed by atoms with Gasteiger partial charge in [-0.2, -0.15) is 0 Å². The van der Waals surface area contributed by atoms with Gasteiger partial charge in [-0.1, -0.05) is 30.3 Å². The van der Waals surface area contributed by atoms with E-state index in [4.69, 9.17) is 5.73 Å². The second-order valence-electron chi connectivity index (χ2n) is 4.40. The second-order valence-corrected chi connectivity index (χ2v) is 4.40. The minimum absolute atomic E-state index is 0.396. The maximum Gasteiger partial charge on any atom is 0.312 e. The second kappa shape index (κ2) is 4.99. The first-order valence-corrected chi connectivity index (χ1v) is 5.22. The van der Waals surface area contributed by atoms with Gasteiger partial charge >= 0.3 is 6.03 Å². The van der Waals surface area contributed by atoms with E-state index in [2.05, 4.69) is 5.32 Å². The van der Waals surface area contributed by atoms with Crippen LogP contribution in [0.5, 0.6) is 0 Å². The molecule has 16 heavy (non-hydrogen) atoms. The summed E-state index contributed by atoms with van der Waals surface area (Å²) < 4.78 is 0. The lowest BCUT2D eigenvalue weighted by Gasteiger charge is -2.29. The van der Waals surface area contributed by atoms with E-state index in [0.717, 1.165) is 5.56 Å². The van der Waals surface area contributed by atoms with Crippen molar-refractivity contribution < 1.29 is 9.90 Å². The predicted octanol–water partition coefficient (Wildman–Crippen LogP) is 1.04. The Balaban J connectivity index is 2.75. The first kappa shape index (κ1) is 12.5. The van der Waals surface area contributed by atoms with Crippen LogP contribution in [-0.2, 0) is 6.42 Å². The number of urea groups is 1. The summed E-state index contributed by atoms with van der Waals surface area (Å²) in [6, 6.07) is 8.63. The molecule has 4 N–H and O–H groups in total. The summed E-state index contributed by atoms with van der Waals surface area (Å²) in [6.45, 7) is 3.30. The fourth-order valence-electron chi connectivity index (χ4n) is 1.50. The third-order valence-corrected chi connectivity index (χ3v) is 2.45. The number of nitrogens with two attached hydrogens (primary N) is 1. The van der Waals surface area contributed by atoms with Crippen LogP contribution in [0, 0.1) is 0 Å². The van der Waals surface area contributed by atoms with Crippen molar-refractivity contribution in [3.63, 3.8) is 0 Å². The van der Waals surface area contributed by atoms with Crippen LogP contribution in [0.4, 0.5) is 4.79 Å². The highest BCUT2D eigenvalue weighted by Gasteiger charge is 2.27. The SMILES string of the molecule is CC(C)(O)C(Cc1ccccc1)NC(N)=O. The van der Waals surface area contributed by atoms with Gasteiger partial charge in [0.15, 0.2) is 0 Å². The minimum Gasteiger partial charge on any atom is -0.388 e. The molecule has 0 saturated carbocycles. The molecule has 4 heteroatoms. The highest BCUT2D eigenvalue weighted by Crippen LogP contribution is 2.14. The number of aliphatic hydroxyl groups is 1. The van der Waals surface area contributed by atoms with Crippen LogP contribution in [0.1, 0.15) is 19.4 Å². The minimum atomic E-state index is -1.01. The highest BCUT2D eigenvalue weighted by molar-refractivity contribution is 5.72. The van der Waals surface area contributed by atoms with Gasteiger partial charge in [0.1, 0.15) is 0 Å². The average Bonchev–Trinajstić information content (AvgIpc) is 2.16. The molecule has 1 rings (SSSR count). The van der Waals surface area contributed by atoms with E-state index in [1.807, 2.05) is 30.3 Å². The summed E-state index contributed by atoms with van der Waals surface area (Å²) >= 11 is 0. The number of rotatable bonds is 4. The lowest BCUT2D eigenvalue weighted by molar-refractivity contribution is 0.0418. The molecule has 1 aromatic carbocycles. The lowest BCUT2D eigenvalue weighted by atomic mass is 9.92. The number of nitrogens with one attached hydrogen (secondary N) is 1. The normalized spacial score (nSPS) is 13.2. The molecule has 0 aliphatic carbocycles. The van der Waals surface area contributed by atoms with Crippen LogP contribution in [0.3, 0.4) is 0 Å². The zero-order valence-electron chi connectivity index (χ0n) is 9.60. The van der Waals surface area contributed by atoms with Crippen molar-refractivity contribution in [2.24, 2.45) is 5.73 Å². The monoisotopic (exact) mass is 222 g/mol. The van der Waals surface area contributed by atoms with E-state index in [9.17, 15) is 9.90 Å². The van der Waals surface area contributed by atoms with E-state index in [-0.39, 0.29) is 0 Å². The number of carbonyl (C=O) groups excluding carboxylic acids is 1. The maximum absolute atomic E-state index is 10.8. The Kier molecular flexibility index (Phi) is 3.90. The molecule has 88 valence electrons. The van der Waals surface area contributed by atoms with Gasteiger partial charge in [-0.25, -0.2) is 4.79 Å². The van der Waals surface area contributed by atoms with Crippen molar-refractivity contribution in [1.29, 1.82) is 0 Å². The van der Waals surface area contributed by atoms with Gasteiger partial charge in [0.05, 0.1) is 11.6 Å². The predicted molar refractivity (Wildman–Crippen MR) is 63.0 cm³/mol. The van der Waals surface area contributed by atoms with Crippen molar-refractivity contribution >= 4 is 6.03 Å². The lowest BCUT2D eigenvalue weighted by Crippen LogP contribution is -2.52. The molecule has 1 unspecified atom stereocenters. The molecule has 0 radical (unpaired) electrons. The van der Waals surface area contributed by atoms with Crippen LogP contribution < -0.4 is 11.1 Å². The number of hydrogen-bond acceptors (Lipinski definition) is 2. The van der Waals surface area contributed by atoms with E-state index < -0.39 is 17.7 Å². The van der Waals surface area contributed by atoms with E-state index in [1.54, 1.807) is 13.8 Å². The molecule has 0 heterocycles. The molecule has 4 nitrogen and oxygen atoms in total. The largest absolute Gasteiger partial charge is 0.388 e. The van der Waals surface area contributed by atoms with Gasteiger partial charge < -0.3 is 16.2 Å². The molecular weight excluding hydrogens is 204 g/mol. The number of carbonyl (C=O) groups is 1. The standard InChI is InChI=1S/C12H18N2O2/c1-12(2,16)10(14-11(13)15)8-9-6-4-3-5-7-9/h3-7,10,16H,8H2,1-2H3,(H3,13,14,15). The summed E-state index contributed by atoms with van der Waals surface area (Å²) in [6.07, 6.45) is 0.549. The third kappa shape index (κ3) is 3.90. The topological polar surface area (TPSA) is 75.3 Å². The smallest absolute Gasteiger partial charge is 0.312 e. The van der Waals surface area contributed by atoms with Gasteiger partial charge in [0.2, 0.25) is 0 Å². The Labute approximate surface area is 95.5 Å². The first-order valence-electron chi connectivity index (χ1n) is 5.22. The van der Waals surface area contributed by atoms with Crippen LogP contribution in [-0.4, -0.2) is 22.8 Å². The Bertz CT molecular complexity index is 344. The van der Waals surface area contributed by atoms with Gasteiger partial charge in [-0.15, -0.1) is 0 Å². The Morgan fingerprint density at radius 1 is 1.44 bits per heavy atom. The van der Waals surface area contributed by atoms with Gasteiger partial charge in [0, 0.05) is 0 Å². The van der Waals surface area contributed by atoms with Crippen LogP contribution >= 0.6 is 0 Å². The molecule has 0 bridgehead atoms. The number of amides is 2. The maximum atomic E-state index is 10.8. The Morgan fingerprint density at radius 3 is 2.44 bits per heavy atom. The molecule has 1 atom stereocenters. The highest BCUT2D eigenvalue weighted by atomic mass is 16.3. The number of primary amides is 1. The van der Waals surface area contributed by atoms with Crippen molar-refractivity contribution in [1.82, 2.24) is 5.32 Å². The molecule has 0 aliphatic rings. The summed E-state index contributed by atoms with van der Waals surface area (Å²) in [4.78, 5) is 10.8. The molecule has 0 fully saturated rings. The molecule has 1 aromatic rings. The van der Waals surface area contributed by atoms with Crippen LogP contribution in [0.25, 0.3) is 0 Å². The molecule has 0 aliphatic heterocycles. The van der Waals surface area contributed by atoms with Crippen molar-refractivity contribution in [3.8, 4) is 0 Å². The third-order valence-electron chi connectivity index (χ3n) is 2.45. The average molecular weight is 222 g/mol. The first-order chi connectivity index (χ1) is 7.39. The zero-order chi connectivity index (χ0) is 12.2. The molecule has 0 aromatic heterocycles. The summed E-state index contributed by atoms with van der Waals surface area (Å²) in [5, 5.41) is 12.5. The molecular formula is C12H18N2O2. The van der Waals surface area contributed by atoms with Gasteiger partial charge in [-0.05, 0) is 25.8 Å². The summed E-state index contributed by atoms with van der Waals surface area (Å²) in [7, 11) is 0. The van der Waals surface area contributed by atoms with E-state index >= 15 is 0 Å². The van der Waals surface area contributed by atoms with E-state index in [1.165, 1.54) is 0 Å². The fraction of sp³-hybridized carbons (Fsp3) is 0.417. The molecule has 0 spiro atoms. The Hall–Kier alpha value is -1.55. The van der Waals surface area contributed by atoms with Crippen LogP contribution in [0.2, 0.25) is 0 Å². The molecule has 2 amide bonds. The van der Waals surface area contributed by atoms with Crippen molar-refractivity contribution in [3.05, 3.63) is 35.9 Å².